The van der Waals surface area contributed by atoms with E-state index < -0.39 is 0 Å². The van der Waals surface area contributed by atoms with Crippen molar-refractivity contribution in [2.75, 3.05) is 0 Å². The van der Waals surface area contributed by atoms with Gasteiger partial charge in [0.2, 0.25) is 0 Å². The Labute approximate surface area is 78.5 Å². The first-order valence-electron chi connectivity index (χ1n) is 4.34. The number of amides is 1. The fourth-order valence-corrected chi connectivity index (χ4v) is 1.39. The zero-order chi connectivity index (χ0) is 10.0. The van der Waals surface area contributed by atoms with Crippen molar-refractivity contribution < 1.29 is 9.53 Å². The molecule has 0 saturated carbocycles. The van der Waals surface area contributed by atoms with Crippen molar-refractivity contribution in [3.8, 4) is 0 Å². The van der Waals surface area contributed by atoms with Crippen molar-refractivity contribution in [3.05, 3.63) is 24.8 Å². The molecule has 0 aromatic rings. The van der Waals surface area contributed by atoms with Crippen molar-refractivity contribution in [1.29, 1.82) is 0 Å². The predicted octanol–water partition coefficient (Wildman–Crippen LogP) is 1.86. The Morgan fingerprint density at radius 1 is 1.69 bits per heavy atom. The monoisotopic (exact) mass is 181 g/mol. The van der Waals surface area contributed by atoms with E-state index in [0.29, 0.717) is 0 Å². The van der Waals surface area contributed by atoms with Crippen molar-refractivity contribution in [2.45, 2.75) is 26.0 Å². The van der Waals surface area contributed by atoms with E-state index >= 15 is 0 Å². The Balaban J connectivity index is 2.77. The van der Waals surface area contributed by atoms with Gasteiger partial charge in [-0.1, -0.05) is 33.1 Å². The highest BCUT2D eigenvalue weighted by molar-refractivity contribution is 5.71. The van der Waals surface area contributed by atoms with Crippen molar-refractivity contribution in [3.63, 3.8) is 0 Å². The Hall–Kier alpha value is -1.25. The van der Waals surface area contributed by atoms with Crippen LogP contribution in [0.5, 0.6) is 0 Å². The Kier molecular flexibility index (Phi) is 2.76. The number of hydrogen-bond acceptors (Lipinski definition) is 2. The van der Waals surface area contributed by atoms with Crippen LogP contribution in [0.2, 0.25) is 0 Å². The van der Waals surface area contributed by atoms with Gasteiger partial charge in [0.25, 0.3) is 0 Å². The van der Waals surface area contributed by atoms with Gasteiger partial charge in [0.15, 0.2) is 0 Å². The van der Waals surface area contributed by atoms with Gasteiger partial charge in [-0.15, -0.1) is 0 Å². The summed E-state index contributed by atoms with van der Waals surface area (Å²) in [6, 6.07) is -0.120. The van der Waals surface area contributed by atoms with Gasteiger partial charge in [0.05, 0.1) is 6.04 Å². The molecule has 0 aromatic heterocycles. The van der Waals surface area contributed by atoms with E-state index in [2.05, 4.69) is 18.5 Å². The molecule has 1 aliphatic heterocycles. The Morgan fingerprint density at radius 2 is 2.31 bits per heavy atom. The molecule has 1 heterocycles. The van der Waals surface area contributed by atoms with Crippen LogP contribution in [0, 0.1) is 5.92 Å². The molecule has 0 radical (unpaired) electrons. The molecule has 2 atom stereocenters. The third kappa shape index (κ3) is 1.91. The fourth-order valence-electron chi connectivity index (χ4n) is 1.39. The molecule has 2 unspecified atom stereocenters. The average molecular weight is 181 g/mol. The van der Waals surface area contributed by atoms with Gasteiger partial charge >= 0.3 is 6.09 Å². The summed E-state index contributed by atoms with van der Waals surface area (Å²) >= 11 is 0. The Bertz CT molecular complexity index is 245. The predicted molar refractivity (Wildman–Crippen MR) is 51.4 cm³/mol. The van der Waals surface area contributed by atoms with E-state index in [1.165, 1.54) is 0 Å². The first-order valence-corrected chi connectivity index (χ1v) is 4.34. The van der Waals surface area contributed by atoms with Crippen LogP contribution in [-0.2, 0) is 4.74 Å². The van der Waals surface area contributed by atoms with Gasteiger partial charge in [-0.2, -0.15) is 0 Å². The maximum Gasteiger partial charge on any atom is 0.408 e. The number of ether oxygens (including phenoxy) is 1. The van der Waals surface area contributed by atoms with Crippen molar-refractivity contribution in [1.82, 2.24) is 5.32 Å². The van der Waals surface area contributed by atoms with Crippen LogP contribution < -0.4 is 5.32 Å². The minimum absolute atomic E-state index is 0.120. The highest BCUT2D eigenvalue weighted by Gasteiger charge is 2.36. The second-order valence-corrected chi connectivity index (χ2v) is 3.51. The molecule has 1 amide bonds. The molecule has 1 rings (SSSR count). The van der Waals surface area contributed by atoms with Crippen LogP contribution in [0.15, 0.2) is 24.8 Å². The maximum atomic E-state index is 11.0. The van der Waals surface area contributed by atoms with E-state index in [1.807, 2.05) is 13.8 Å². The molecule has 1 aliphatic rings. The summed E-state index contributed by atoms with van der Waals surface area (Å²) in [5.74, 6) is 0.278. The number of cyclic esters (lactones) is 1. The van der Waals surface area contributed by atoms with Crippen molar-refractivity contribution >= 4 is 6.09 Å². The summed E-state index contributed by atoms with van der Waals surface area (Å²) in [4.78, 5) is 11.0. The minimum atomic E-state index is -0.369. The molecule has 0 spiro atoms. The van der Waals surface area contributed by atoms with Gasteiger partial charge < -0.3 is 10.1 Å². The molecule has 0 aromatic carbocycles. The van der Waals surface area contributed by atoms with Crippen LogP contribution in [-0.4, -0.2) is 18.2 Å². The molecular formula is C10H15NO2. The highest BCUT2D eigenvalue weighted by atomic mass is 16.6. The lowest BCUT2D eigenvalue weighted by Crippen LogP contribution is -2.35. The first-order chi connectivity index (χ1) is 6.06. The third-order valence-corrected chi connectivity index (χ3v) is 2.16. The minimum Gasteiger partial charge on any atom is -0.443 e. The number of nitrogens with one attached hydrogen (secondary N) is 1. The maximum absolute atomic E-state index is 11.0. The number of carbonyl (C=O) groups is 1. The zero-order valence-corrected chi connectivity index (χ0v) is 8.04. The molecule has 72 valence electrons. The SMILES string of the molecule is C=CC(=C)C1NC(=O)OC1C(C)C. The molecule has 13 heavy (non-hydrogen) atoms. The van der Waals surface area contributed by atoms with E-state index in [9.17, 15) is 4.79 Å². The standard InChI is InChI=1S/C10H15NO2/c1-5-7(4)8-9(6(2)3)13-10(12)11-8/h5-6,8-9H,1,4H2,2-3H3,(H,11,12). The molecule has 3 nitrogen and oxygen atoms in total. The summed E-state index contributed by atoms with van der Waals surface area (Å²) in [5, 5.41) is 2.70. The zero-order valence-electron chi connectivity index (χ0n) is 8.04. The van der Waals surface area contributed by atoms with Crippen LogP contribution >= 0.6 is 0 Å². The molecule has 1 N–H and O–H groups in total. The van der Waals surface area contributed by atoms with Gasteiger partial charge in [-0.25, -0.2) is 4.79 Å². The van der Waals surface area contributed by atoms with Gasteiger partial charge in [-0.3, -0.25) is 0 Å². The lowest BCUT2D eigenvalue weighted by atomic mass is 9.95. The third-order valence-electron chi connectivity index (χ3n) is 2.16. The lowest BCUT2D eigenvalue weighted by molar-refractivity contribution is 0.107. The van der Waals surface area contributed by atoms with Crippen molar-refractivity contribution in [2.24, 2.45) is 5.92 Å². The van der Waals surface area contributed by atoms with Crippen LogP contribution in [0.4, 0.5) is 4.79 Å². The lowest BCUT2D eigenvalue weighted by Gasteiger charge is -2.20. The molecule has 1 saturated heterocycles. The fraction of sp³-hybridized carbons (Fsp3) is 0.500. The summed E-state index contributed by atoms with van der Waals surface area (Å²) in [7, 11) is 0. The quantitative estimate of drug-likeness (QED) is 0.675. The number of hydrogen-bond donors (Lipinski definition) is 1. The number of alkyl carbamates (subject to hydrolysis) is 1. The van der Waals surface area contributed by atoms with Gasteiger partial charge in [-0.05, 0) is 11.5 Å². The van der Waals surface area contributed by atoms with E-state index in [1.54, 1.807) is 6.08 Å². The molecular weight excluding hydrogens is 166 g/mol. The summed E-state index contributed by atoms with van der Waals surface area (Å²) in [5.41, 5.74) is 0.796. The summed E-state index contributed by atoms with van der Waals surface area (Å²) in [6.45, 7) is 11.4. The van der Waals surface area contributed by atoms with E-state index in [4.69, 9.17) is 4.74 Å². The summed E-state index contributed by atoms with van der Waals surface area (Å²) in [6.07, 6.45) is 1.15. The number of carbonyl (C=O) groups excluding carboxylic acids is 1. The molecule has 0 bridgehead atoms. The normalized spacial score (nSPS) is 26.8. The van der Waals surface area contributed by atoms with Gasteiger partial charge in [0.1, 0.15) is 6.10 Å². The number of rotatable bonds is 3. The van der Waals surface area contributed by atoms with E-state index in [0.717, 1.165) is 5.57 Å². The van der Waals surface area contributed by atoms with Crippen LogP contribution in [0.3, 0.4) is 0 Å². The van der Waals surface area contributed by atoms with E-state index in [-0.39, 0.29) is 24.2 Å². The Morgan fingerprint density at radius 3 is 2.77 bits per heavy atom. The highest BCUT2D eigenvalue weighted by Crippen LogP contribution is 2.21. The largest absolute Gasteiger partial charge is 0.443 e. The smallest absolute Gasteiger partial charge is 0.408 e. The second-order valence-electron chi connectivity index (χ2n) is 3.51. The van der Waals surface area contributed by atoms with Gasteiger partial charge in [0, 0.05) is 0 Å². The first kappa shape index (κ1) is 9.84. The average Bonchev–Trinajstić information content (AvgIpc) is 2.46. The topological polar surface area (TPSA) is 38.3 Å². The molecule has 1 fully saturated rings. The molecule has 3 heteroatoms. The van der Waals surface area contributed by atoms with Crippen LogP contribution in [0.1, 0.15) is 13.8 Å². The second kappa shape index (κ2) is 3.64. The molecule has 0 aliphatic carbocycles. The van der Waals surface area contributed by atoms with Crippen LogP contribution in [0.25, 0.3) is 0 Å². The summed E-state index contributed by atoms with van der Waals surface area (Å²) < 4.78 is 5.10.